The average Bonchev–Trinajstić information content (AvgIpc) is 3.23. The molecule has 5 rings (SSSR count). The summed E-state index contributed by atoms with van der Waals surface area (Å²) < 4.78 is 20.2. The molecule has 1 aromatic carbocycles. The molecule has 4 N–H and O–H groups in total. The highest BCUT2D eigenvalue weighted by Gasteiger charge is 2.35. The number of hydrogen-bond acceptors (Lipinski definition) is 6. The van der Waals surface area contributed by atoms with E-state index in [4.69, 9.17) is 10.5 Å². The van der Waals surface area contributed by atoms with E-state index in [0.29, 0.717) is 30.8 Å². The summed E-state index contributed by atoms with van der Waals surface area (Å²) in [6, 6.07) is 4.79. The second-order valence-corrected chi connectivity index (χ2v) is 7.83. The van der Waals surface area contributed by atoms with Gasteiger partial charge in [0.05, 0.1) is 35.4 Å². The van der Waals surface area contributed by atoms with Gasteiger partial charge in [0, 0.05) is 30.9 Å². The van der Waals surface area contributed by atoms with Gasteiger partial charge in [-0.05, 0) is 49.6 Å². The van der Waals surface area contributed by atoms with E-state index < -0.39 is 5.91 Å². The van der Waals surface area contributed by atoms with Crippen LogP contribution in [0, 0.1) is 5.82 Å². The van der Waals surface area contributed by atoms with Crippen molar-refractivity contribution in [3.63, 3.8) is 0 Å². The zero-order chi connectivity index (χ0) is 20.7. The number of nitrogens with zero attached hydrogens (tertiary/aromatic N) is 2. The van der Waals surface area contributed by atoms with Gasteiger partial charge in [0.25, 0.3) is 5.91 Å². The molecule has 1 aromatic heterocycles. The third kappa shape index (κ3) is 3.27. The lowest BCUT2D eigenvalue weighted by Gasteiger charge is -2.35. The number of ether oxygens (including phenoxy) is 1. The van der Waals surface area contributed by atoms with Crippen LogP contribution in [-0.4, -0.2) is 41.7 Å². The third-order valence-corrected chi connectivity index (χ3v) is 5.97. The summed E-state index contributed by atoms with van der Waals surface area (Å²) in [6.45, 7) is 1.94. The number of nitrogens with one attached hydrogen (secondary N) is 2. The molecule has 1 amide bonds. The monoisotopic (exact) mass is 409 g/mol. The van der Waals surface area contributed by atoms with Crippen LogP contribution in [-0.2, 0) is 0 Å². The quantitative estimate of drug-likeness (QED) is 0.670. The van der Waals surface area contributed by atoms with Crippen molar-refractivity contribution in [2.24, 2.45) is 5.73 Å². The zero-order valence-electron chi connectivity index (χ0n) is 16.5. The highest BCUT2D eigenvalue weighted by molar-refractivity contribution is 6.02. The van der Waals surface area contributed by atoms with E-state index in [-0.39, 0.29) is 18.0 Å². The first kappa shape index (κ1) is 18.9. The van der Waals surface area contributed by atoms with Crippen molar-refractivity contribution >= 4 is 23.4 Å². The number of carbonyl (C=O) groups excluding carboxylic acids is 1. The SMILES string of the molecule is NC(=O)c1cnc2c3c1NCCCOc1ccc(F)cc1[C@H]1CCCN1C(C=C2)N3. The van der Waals surface area contributed by atoms with Crippen molar-refractivity contribution in [2.75, 3.05) is 30.3 Å². The first-order valence-corrected chi connectivity index (χ1v) is 10.3. The molecule has 4 heterocycles. The van der Waals surface area contributed by atoms with E-state index in [2.05, 4.69) is 26.6 Å². The second-order valence-electron chi connectivity index (χ2n) is 7.83. The number of nitrogens with two attached hydrogens (primary N) is 1. The Hall–Kier alpha value is -3.13. The number of fused-ring (bicyclic) bond motifs is 5. The van der Waals surface area contributed by atoms with Gasteiger partial charge < -0.3 is 21.1 Å². The Kier molecular flexibility index (Phi) is 4.78. The molecule has 8 heteroatoms. The maximum absolute atomic E-state index is 14.1. The standard InChI is InChI=1S/C22H24FN5O2/c23-13-4-6-18-14(11-13)17-3-1-9-28(17)19-7-5-16-21(27-19)20(25-8-2-10-30-18)15(12-26-16)22(24)29/h4-7,11-12,17,19,25,27H,1-3,8-10H2,(H2,24,29)/t17-,19?/m1/s1. The number of aromatic nitrogens is 1. The van der Waals surface area contributed by atoms with Crippen LogP contribution >= 0.6 is 0 Å². The summed E-state index contributed by atoms with van der Waals surface area (Å²) in [6.07, 6.45) is 8.05. The molecule has 0 saturated carbocycles. The number of anilines is 2. The molecule has 7 nitrogen and oxygen atoms in total. The molecule has 1 unspecified atom stereocenters. The summed E-state index contributed by atoms with van der Waals surface area (Å²) in [5.41, 5.74) is 9.03. The van der Waals surface area contributed by atoms with Crippen LogP contribution in [0.2, 0.25) is 0 Å². The summed E-state index contributed by atoms with van der Waals surface area (Å²) in [4.78, 5) is 18.7. The number of carbonyl (C=O) groups is 1. The predicted molar refractivity (Wildman–Crippen MR) is 113 cm³/mol. The van der Waals surface area contributed by atoms with E-state index in [0.717, 1.165) is 42.1 Å². The summed E-state index contributed by atoms with van der Waals surface area (Å²) in [5, 5.41) is 6.88. The molecule has 3 aliphatic rings. The topological polar surface area (TPSA) is 92.5 Å². The molecular weight excluding hydrogens is 385 g/mol. The minimum atomic E-state index is -0.525. The van der Waals surface area contributed by atoms with Crippen molar-refractivity contribution in [3.8, 4) is 5.75 Å². The van der Waals surface area contributed by atoms with Gasteiger partial charge >= 0.3 is 0 Å². The smallest absolute Gasteiger partial charge is 0.252 e. The van der Waals surface area contributed by atoms with Crippen LogP contribution in [0.3, 0.4) is 0 Å². The van der Waals surface area contributed by atoms with Crippen molar-refractivity contribution in [2.45, 2.75) is 31.5 Å². The summed E-state index contributed by atoms with van der Waals surface area (Å²) in [5.74, 6) is -0.0570. The number of primary amides is 1. The van der Waals surface area contributed by atoms with Crippen LogP contribution in [0.1, 0.15) is 46.9 Å². The molecule has 0 radical (unpaired) electrons. The van der Waals surface area contributed by atoms with E-state index in [9.17, 15) is 9.18 Å². The summed E-state index contributed by atoms with van der Waals surface area (Å²) in [7, 11) is 0. The highest BCUT2D eigenvalue weighted by Crippen LogP contribution is 2.41. The molecule has 156 valence electrons. The Balaban J connectivity index is 1.59. The van der Waals surface area contributed by atoms with Crippen molar-refractivity contribution in [3.05, 3.63) is 53.1 Å². The highest BCUT2D eigenvalue weighted by atomic mass is 19.1. The zero-order valence-corrected chi connectivity index (χ0v) is 16.5. The number of benzene rings is 1. The number of halogens is 1. The van der Waals surface area contributed by atoms with Crippen molar-refractivity contribution in [1.29, 1.82) is 0 Å². The molecule has 1 fully saturated rings. The van der Waals surface area contributed by atoms with Gasteiger partial charge in [0.2, 0.25) is 0 Å². The minimum Gasteiger partial charge on any atom is -0.493 e. The van der Waals surface area contributed by atoms with Crippen LogP contribution in [0.25, 0.3) is 6.08 Å². The summed E-state index contributed by atoms with van der Waals surface area (Å²) >= 11 is 0. The Morgan fingerprint density at radius 3 is 3.07 bits per heavy atom. The van der Waals surface area contributed by atoms with Crippen LogP contribution < -0.4 is 21.1 Å². The van der Waals surface area contributed by atoms with Gasteiger partial charge in [-0.1, -0.05) is 0 Å². The molecule has 0 spiro atoms. The lowest BCUT2D eigenvalue weighted by atomic mass is 10.0. The van der Waals surface area contributed by atoms with Gasteiger partial charge in [-0.2, -0.15) is 0 Å². The number of amides is 1. The first-order chi connectivity index (χ1) is 14.6. The van der Waals surface area contributed by atoms with Crippen molar-refractivity contribution < 1.29 is 13.9 Å². The lowest BCUT2D eigenvalue weighted by Crippen LogP contribution is -2.40. The maximum Gasteiger partial charge on any atom is 0.252 e. The Bertz CT molecular complexity index is 1020. The Labute approximate surface area is 174 Å². The fourth-order valence-electron chi connectivity index (χ4n) is 4.58. The van der Waals surface area contributed by atoms with Gasteiger partial charge in [-0.3, -0.25) is 14.7 Å². The molecule has 3 aliphatic heterocycles. The molecule has 2 bridgehead atoms. The first-order valence-electron chi connectivity index (χ1n) is 10.3. The molecule has 30 heavy (non-hydrogen) atoms. The molecular formula is C22H24FN5O2. The maximum atomic E-state index is 14.1. The van der Waals surface area contributed by atoms with E-state index in [1.807, 2.05) is 6.08 Å². The Morgan fingerprint density at radius 1 is 1.30 bits per heavy atom. The molecule has 0 aliphatic carbocycles. The third-order valence-electron chi connectivity index (χ3n) is 5.97. The predicted octanol–water partition coefficient (Wildman–Crippen LogP) is 3.12. The lowest BCUT2D eigenvalue weighted by molar-refractivity contribution is 0.100. The molecule has 2 aromatic rings. The number of pyridine rings is 1. The number of hydrogen-bond donors (Lipinski definition) is 3. The fraction of sp³-hybridized carbons (Fsp3) is 0.364. The van der Waals surface area contributed by atoms with Gasteiger partial charge in [0.1, 0.15) is 11.6 Å². The largest absolute Gasteiger partial charge is 0.493 e. The van der Waals surface area contributed by atoms with Crippen LogP contribution in [0.15, 0.2) is 30.5 Å². The van der Waals surface area contributed by atoms with Crippen LogP contribution in [0.5, 0.6) is 5.75 Å². The van der Waals surface area contributed by atoms with Crippen LogP contribution in [0.4, 0.5) is 15.8 Å². The number of rotatable bonds is 1. The van der Waals surface area contributed by atoms with Crippen molar-refractivity contribution in [1.82, 2.24) is 9.88 Å². The normalized spacial score (nSPS) is 22.8. The fourth-order valence-corrected chi connectivity index (χ4v) is 4.58. The second kappa shape index (κ2) is 7.60. The minimum absolute atomic E-state index is 0.0313. The van der Waals surface area contributed by atoms with Gasteiger partial charge in [-0.25, -0.2) is 4.39 Å². The van der Waals surface area contributed by atoms with E-state index in [1.165, 1.54) is 12.3 Å². The van der Waals surface area contributed by atoms with E-state index >= 15 is 0 Å². The Morgan fingerprint density at radius 2 is 2.20 bits per heavy atom. The molecule has 1 saturated heterocycles. The van der Waals surface area contributed by atoms with Gasteiger partial charge in [-0.15, -0.1) is 0 Å². The van der Waals surface area contributed by atoms with E-state index in [1.54, 1.807) is 12.1 Å². The average molecular weight is 409 g/mol. The molecule has 2 atom stereocenters. The van der Waals surface area contributed by atoms with Gasteiger partial charge in [0.15, 0.2) is 0 Å².